The van der Waals surface area contributed by atoms with Crippen LogP contribution in [0.1, 0.15) is 30.1 Å². The van der Waals surface area contributed by atoms with Crippen molar-refractivity contribution in [3.8, 4) is 5.75 Å². The van der Waals surface area contributed by atoms with Crippen LogP contribution in [-0.4, -0.2) is 47.9 Å². The van der Waals surface area contributed by atoms with E-state index in [0.29, 0.717) is 0 Å². The van der Waals surface area contributed by atoms with Crippen LogP contribution in [0.25, 0.3) is 0 Å². The van der Waals surface area contributed by atoms with Gasteiger partial charge >= 0.3 is 5.97 Å². The van der Waals surface area contributed by atoms with Crippen LogP contribution >= 0.6 is 0 Å². The van der Waals surface area contributed by atoms with Gasteiger partial charge in [-0.15, -0.1) is 0 Å². The fraction of sp³-hybridized carbons (Fsp3) is 0.400. The lowest BCUT2D eigenvalue weighted by atomic mass is 10.1. The molecule has 1 aromatic carbocycles. The van der Waals surface area contributed by atoms with E-state index in [1.54, 1.807) is 0 Å². The molecule has 120 valence electrons. The zero-order valence-electron chi connectivity index (χ0n) is 12.6. The number of carboxylic acids is 1. The second kappa shape index (κ2) is 7.53. The Hall–Kier alpha value is -2.44. The van der Waals surface area contributed by atoms with Crippen molar-refractivity contribution in [3.05, 3.63) is 29.6 Å². The highest BCUT2D eigenvalue weighted by atomic mass is 19.1. The van der Waals surface area contributed by atoms with Crippen LogP contribution in [0.2, 0.25) is 0 Å². The molecule has 0 aliphatic carbocycles. The van der Waals surface area contributed by atoms with Gasteiger partial charge in [-0.25, -0.2) is 9.18 Å². The largest absolute Gasteiger partial charge is 0.494 e. The maximum absolute atomic E-state index is 13.5. The number of amides is 1. The molecule has 0 radical (unpaired) electrons. The number of Topliss-reactive ketones (excluding diaryl/α,β-unsaturated/α-hetero) is 1. The summed E-state index contributed by atoms with van der Waals surface area (Å²) in [4.78, 5) is 35.6. The second-order valence-corrected chi connectivity index (χ2v) is 4.79. The first kappa shape index (κ1) is 17.6. The van der Waals surface area contributed by atoms with Crippen LogP contribution in [0.15, 0.2) is 18.2 Å². The van der Waals surface area contributed by atoms with Crippen molar-refractivity contribution in [2.45, 2.75) is 25.8 Å². The van der Waals surface area contributed by atoms with Gasteiger partial charge < -0.3 is 14.7 Å². The molecule has 6 nitrogen and oxygen atoms in total. The number of nitrogens with zero attached hydrogens (tertiary/aromatic N) is 1. The molecule has 0 spiro atoms. The third kappa shape index (κ3) is 4.28. The number of hydrogen-bond acceptors (Lipinski definition) is 4. The number of ketones is 1. The number of carbonyl (C=O) groups excluding carboxylic acids is 2. The minimum Gasteiger partial charge on any atom is -0.494 e. The van der Waals surface area contributed by atoms with E-state index in [9.17, 15) is 18.8 Å². The third-order valence-electron chi connectivity index (χ3n) is 3.37. The van der Waals surface area contributed by atoms with E-state index in [-0.39, 0.29) is 24.2 Å². The first-order chi connectivity index (χ1) is 10.3. The van der Waals surface area contributed by atoms with Crippen LogP contribution in [0, 0.1) is 5.82 Å². The molecule has 0 saturated carbocycles. The highest BCUT2D eigenvalue weighted by Crippen LogP contribution is 2.19. The topological polar surface area (TPSA) is 83.9 Å². The highest BCUT2D eigenvalue weighted by molar-refractivity contribution is 5.98. The number of carboxylic acid groups (broad SMARTS) is 1. The Morgan fingerprint density at radius 2 is 1.95 bits per heavy atom. The number of rotatable bonds is 7. The van der Waals surface area contributed by atoms with Crippen molar-refractivity contribution in [2.24, 2.45) is 0 Å². The van der Waals surface area contributed by atoms with Gasteiger partial charge in [-0.05, 0) is 25.1 Å². The SMILES string of the molecule is COc1ccc(C(=O)CCC(=O)N(C)C(C)C(=O)O)cc1F. The Morgan fingerprint density at radius 3 is 2.45 bits per heavy atom. The van der Waals surface area contributed by atoms with Gasteiger partial charge in [-0.3, -0.25) is 9.59 Å². The molecule has 0 bridgehead atoms. The number of benzene rings is 1. The number of ether oxygens (including phenoxy) is 1. The molecule has 1 amide bonds. The third-order valence-corrected chi connectivity index (χ3v) is 3.37. The normalized spacial score (nSPS) is 11.6. The van der Waals surface area contributed by atoms with Crippen LogP contribution in [-0.2, 0) is 9.59 Å². The van der Waals surface area contributed by atoms with Crippen LogP contribution in [0.3, 0.4) is 0 Å². The number of likely N-dealkylation sites (N-methyl/N-ethyl adjacent to an activating group) is 1. The average molecular weight is 311 g/mol. The molecule has 0 heterocycles. The van der Waals surface area contributed by atoms with Crippen LogP contribution in [0.5, 0.6) is 5.75 Å². The minimum atomic E-state index is -1.13. The predicted molar refractivity (Wildman–Crippen MR) is 76.4 cm³/mol. The molecule has 0 fully saturated rings. The van der Waals surface area contributed by atoms with Gasteiger partial charge in [0, 0.05) is 25.5 Å². The first-order valence-corrected chi connectivity index (χ1v) is 6.63. The molecule has 1 rings (SSSR count). The van der Waals surface area contributed by atoms with Gasteiger partial charge in [0.15, 0.2) is 17.3 Å². The van der Waals surface area contributed by atoms with Crippen molar-refractivity contribution in [1.82, 2.24) is 4.90 Å². The van der Waals surface area contributed by atoms with Gasteiger partial charge in [-0.1, -0.05) is 0 Å². The van der Waals surface area contributed by atoms with Crippen molar-refractivity contribution >= 4 is 17.7 Å². The van der Waals surface area contributed by atoms with Gasteiger partial charge in [-0.2, -0.15) is 0 Å². The van der Waals surface area contributed by atoms with Crippen molar-refractivity contribution in [3.63, 3.8) is 0 Å². The lowest BCUT2D eigenvalue weighted by molar-refractivity contribution is -0.148. The Kier molecular flexibility index (Phi) is 6.03. The van der Waals surface area contributed by atoms with E-state index in [4.69, 9.17) is 9.84 Å². The standard InChI is InChI=1S/C15H18FNO5/c1-9(15(20)21)17(2)14(19)7-5-12(18)10-4-6-13(22-3)11(16)8-10/h4,6,8-9H,5,7H2,1-3H3,(H,20,21). The maximum Gasteiger partial charge on any atom is 0.326 e. The lowest BCUT2D eigenvalue weighted by Gasteiger charge is -2.21. The number of aliphatic carboxylic acids is 1. The smallest absolute Gasteiger partial charge is 0.326 e. The fourth-order valence-corrected chi connectivity index (χ4v) is 1.76. The average Bonchev–Trinajstić information content (AvgIpc) is 2.50. The van der Waals surface area contributed by atoms with E-state index in [1.165, 1.54) is 33.2 Å². The fourth-order valence-electron chi connectivity index (χ4n) is 1.76. The van der Waals surface area contributed by atoms with Crippen molar-refractivity contribution < 1.29 is 28.6 Å². The molecule has 0 saturated heterocycles. The Bertz CT molecular complexity index is 587. The Balaban J connectivity index is 2.64. The van der Waals surface area contributed by atoms with Gasteiger partial charge in [0.05, 0.1) is 7.11 Å². The quantitative estimate of drug-likeness (QED) is 0.775. The van der Waals surface area contributed by atoms with E-state index in [2.05, 4.69) is 0 Å². The minimum absolute atomic E-state index is 0.0302. The first-order valence-electron chi connectivity index (χ1n) is 6.63. The van der Waals surface area contributed by atoms with Gasteiger partial charge in [0.25, 0.3) is 0 Å². The molecule has 0 aliphatic heterocycles. The Labute approximate surface area is 127 Å². The summed E-state index contributed by atoms with van der Waals surface area (Å²) in [5.41, 5.74) is 0.139. The highest BCUT2D eigenvalue weighted by Gasteiger charge is 2.22. The zero-order chi connectivity index (χ0) is 16.9. The number of methoxy groups -OCH3 is 1. The summed E-state index contributed by atoms with van der Waals surface area (Å²) >= 11 is 0. The number of halogens is 1. The molecule has 0 aromatic heterocycles. The molecular weight excluding hydrogens is 293 g/mol. The van der Waals surface area contributed by atoms with E-state index in [0.717, 1.165) is 11.0 Å². The Morgan fingerprint density at radius 1 is 1.32 bits per heavy atom. The summed E-state index contributed by atoms with van der Waals surface area (Å²) in [6.07, 6.45) is -0.262. The molecule has 1 unspecified atom stereocenters. The molecule has 7 heteroatoms. The summed E-state index contributed by atoms with van der Waals surface area (Å²) in [5.74, 6) is -2.61. The van der Waals surface area contributed by atoms with E-state index < -0.39 is 29.5 Å². The summed E-state index contributed by atoms with van der Waals surface area (Å²) in [6, 6.07) is 2.83. The van der Waals surface area contributed by atoms with E-state index >= 15 is 0 Å². The van der Waals surface area contributed by atoms with Gasteiger partial charge in [0.1, 0.15) is 6.04 Å². The van der Waals surface area contributed by atoms with E-state index in [1.807, 2.05) is 0 Å². The molecule has 0 aliphatic rings. The van der Waals surface area contributed by atoms with Crippen molar-refractivity contribution in [1.29, 1.82) is 0 Å². The second-order valence-electron chi connectivity index (χ2n) is 4.79. The predicted octanol–water partition coefficient (Wildman–Crippen LogP) is 1.73. The summed E-state index contributed by atoms with van der Waals surface area (Å²) < 4.78 is 18.3. The van der Waals surface area contributed by atoms with Crippen LogP contribution < -0.4 is 4.74 Å². The summed E-state index contributed by atoms with van der Waals surface area (Å²) in [6.45, 7) is 1.38. The zero-order valence-corrected chi connectivity index (χ0v) is 12.6. The molecular formula is C15H18FNO5. The maximum atomic E-state index is 13.5. The molecule has 22 heavy (non-hydrogen) atoms. The van der Waals surface area contributed by atoms with Gasteiger partial charge in [0.2, 0.25) is 5.91 Å². The molecule has 1 N–H and O–H groups in total. The van der Waals surface area contributed by atoms with Crippen molar-refractivity contribution in [2.75, 3.05) is 14.2 Å². The summed E-state index contributed by atoms with van der Waals surface area (Å²) in [5, 5.41) is 8.82. The monoisotopic (exact) mass is 311 g/mol. The van der Waals surface area contributed by atoms with Crippen LogP contribution in [0.4, 0.5) is 4.39 Å². The number of carbonyl (C=O) groups is 3. The summed E-state index contributed by atoms with van der Waals surface area (Å²) in [7, 11) is 2.68. The lowest BCUT2D eigenvalue weighted by Crippen LogP contribution is -2.40. The number of hydrogen-bond donors (Lipinski definition) is 1. The molecule has 1 atom stereocenters. The molecule has 1 aromatic rings.